The summed E-state index contributed by atoms with van der Waals surface area (Å²) in [4.78, 5) is 0. The van der Waals surface area contributed by atoms with E-state index in [1.807, 2.05) is 0 Å². The van der Waals surface area contributed by atoms with Crippen LogP contribution < -0.4 is 10.5 Å². The fourth-order valence-electron chi connectivity index (χ4n) is 2.52. The molecule has 2 nitrogen and oxygen atoms in total. The van der Waals surface area contributed by atoms with E-state index < -0.39 is 0 Å². The first-order valence-electron chi connectivity index (χ1n) is 6.50. The second-order valence-corrected chi connectivity index (χ2v) is 5.33. The summed E-state index contributed by atoms with van der Waals surface area (Å²) in [6.45, 7) is 0.531. The van der Waals surface area contributed by atoms with Crippen molar-refractivity contribution in [2.24, 2.45) is 11.7 Å². The zero-order valence-corrected chi connectivity index (χ0v) is 11.1. The van der Waals surface area contributed by atoms with Gasteiger partial charge in [0, 0.05) is 6.04 Å². The molecule has 1 aromatic carbocycles. The normalized spacial score (nSPS) is 17.9. The number of hydrogen-bond donors (Lipinski definition) is 1. The minimum atomic E-state index is -0.352. The molecular weight excluding hydrogens is 253 g/mol. The minimum absolute atomic E-state index is 0.201. The van der Waals surface area contributed by atoms with Crippen molar-refractivity contribution in [3.05, 3.63) is 29.0 Å². The molecule has 1 atom stereocenters. The zero-order valence-electron chi connectivity index (χ0n) is 10.4. The van der Waals surface area contributed by atoms with Crippen LogP contribution in [-0.4, -0.2) is 12.6 Å². The van der Waals surface area contributed by atoms with Crippen LogP contribution in [-0.2, 0) is 0 Å². The van der Waals surface area contributed by atoms with Crippen molar-refractivity contribution >= 4 is 11.6 Å². The summed E-state index contributed by atoms with van der Waals surface area (Å²) in [5, 5.41) is 0.310. The fraction of sp³-hybridized carbons (Fsp3) is 0.571. The van der Waals surface area contributed by atoms with Gasteiger partial charge in [-0.3, -0.25) is 0 Å². The highest BCUT2D eigenvalue weighted by Gasteiger charge is 2.21. The Kier molecular flexibility index (Phi) is 4.84. The third-order valence-electron chi connectivity index (χ3n) is 3.61. The number of nitrogens with two attached hydrogens (primary N) is 1. The molecule has 1 fully saturated rings. The highest BCUT2D eigenvalue weighted by atomic mass is 35.5. The maximum absolute atomic E-state index is 12.8. The lowest BCUT2D eigenvalue weighted by molar-refractivity contribution is 0.274. The summed E-state index contributed by atoms with van der Waals surface area (Å²) in [6.07, 6.45) is 5.88. The van der Waals surface area contributed by atoms with Gasteiger partial charge < -0.3 is 10.5 Å². The molecule has 1 saturated carbocycles. The van der Waals surface area contributed by atoms with Crippen LogP contribution in [0, 0.1) is 11.7 Å². The average Bonchev–Trinajstić information content (AvgIpc) is 2.85. The summed E-state index contributed by atoms with van der Waals surface area (Å²) < 4.78 is 18.4. The zero-order chi connectivity index (χ0) is 13.0. The Bertz CT molecular complexity index is 393. The van der Waals surface area contributed by atoms with Gasteiger partial charge in [0.1, 0.15) is 11.6 Å². The molecule has 1 aliphatic carbocycles. The molecule has 4 heteroatoms. The van der Waals surface area contributed by atoms with Gasteiger partial charge in [0.05, 0.1) is 11.6 Å². The maximum atomic E-state index is 12.8. The van der Waals surface area contributed by atoms with Crippen LogP contribution in [0.1, 0.15) is 32.1 Å². The largest absolute Gasteiger partial charge is 0.492 e. The summed E-state index contributed by atoms with van der Waals surface area (Å²) in [5.74, 6) is 0.809. The van der Waals surface area contributed by atoms with Crippen LogP contribution in [0.5, 0.6) is 5.75 Å². The average molecular weight is 272 g/mol. The highest BCUT2D eigenvalue weighted by Crippen LogP contribution is 2.29. The van der Waals surface area contributed by atoms with Gasteiger partial charge in [-0.15, -0.1) is 0 Å². The van der Waals surface area contributed by atoms with Gasteiger partial charge in [-0.25, -0.2) is 4.39 Å². The van der Waals surface area contributed by atoms with Gasteiger partial charge in [-0.2, -0.15) is 0 Å². The number of halogens is 2. The number of hydrogen-bond acceptors (Lipinski definition) is 2. The van der Waals surface area contributed by atoms with Crippen molar-refractivity contribution < 1.29 is 9.13 Å². The first kappa shape index (κ1) is 13.6. The van der Waals surface area contributed by atoms with Crippen molar-refractivity contribution in [1.29, 1.82) is 0 Å². The van der Waals surface area contributed by atoms with Gasteiger partial charge in [-0.1, -0.05) is 24.4 Å². The lowest BCUT2D eigenvalue weighted by Crippen LogP contribution is -2.30. The van der Waals surface area contributed by atoms with E-state index in [1.54, 1.807) is 6.07 Å². The Hall–Kier alpha value is -0.800. The van der Waals surface area contributed by atoms with E-state index in [-0.39, 0.29) is 11.9 Å². The Morgan fingerprint density at radius 2 is 2.11 bits per heavy atom. The van der Waals surface area contributed by atoms with E-state index in [9.17, 15) is 4.39 Å². The molecule has 0 aromatic heterocycles. The van der Waals surface area contributed by atoms with E-state index in [0.717, 1.165) is 6.42 Å². The minimum Gasteiger partial charge on any atom is -0.492 e. The van der Waals surface area contributed by atoms with Gasteiger partial charge in [0.2, 0.25) is 0 Å². The molecule has 0 aliphatic heterocycles. The van der Waals surface area contributed by atoms with Crippen molar-refractivity contribution in [2.45, 2.75) is 38.1 Å². The van der Waals surface area contributed by atoms with Gasteiger partial charge in [0.15, 0.2) is 0 Å². The summed E-state index contributed by atoms with van der Waals surface area (Å²) in [7, 11) is 0. The quantitative estimate of drug-likeness (QED) is 0.885. The number of rotatable bonds is 5. The smallest absolute Gasteiger partial charge is 0.138 e. The third kappa shape index (κ3) is 3.59. The van der Waals surface area contributed by atoms with Crippen molar-refractivity contribution in [3.8, 4) is 5.75 Å². The van der Waals surface area contributed by atoms with Crippen molar-refractivity contribution in [1.82, 2.24) is 0 Å². The van der Waals surface area contributed by atoms with Gasteiger partial charge >= 0.3 is 0 Å². The predicted molar refractivity (Wildman–Crippen MR) is 71.5 cm³/mol. The predicted octanol–water partition coefficient (Wildman–Crippen LogP) is 3.77. The summed E-state index contributed by atoms with van der Waals surface area (Å²) >= 11 is 5.88. The van der Waals surface area contributed by atoms with Crippen molar-refractivity contribution in [2.75, 3.05) is 6.61 Å². The molecule has 2 rings (SSSR count). The molecule has 0 heterocycles. The van der Waals surface area contributed by atoms with Crippen LogP contribution in [0.25, 0.3) is 0 Å². The summed E-state index contributed by atoms with van der Waals surface area (Å²) in [6, 6.07) is 4.36. The van der Waals surface area contributed by atoms with E-state index in [1.165, 1.54) is 37.8 Å². The lowest BCUT2D eigenvalue weighted by Gasteiger charge is -2.19. The third-order valence-corrected chi connectivity index (χ3v) is 3.90. The molecule has 1 aliphatic rings. The van der Waals surface area contributed by atoms with E-state index in [0.29, 0.717) is 23.3 Å². The first-order valence-corrected chi connectivity index (χ1v) is 6.88. The summed E-state index contributed by atoms with van der Waals surface area (Å²) in [5.41, 5.74) is 6.13. The fourth-order valence-corrected chi connectivity index (χ4v) is 2.74. The molecule has 100 valence electrons. The van der Waals surface area contributed by atoms with Crippen LogP contribution in [0.2, 0.25) is 5.02 Å². The van der Waals surface area contributed by atoms with Crippen LogP contribution in [0.4, 0.5) is 4.39 Å². The molecule has 0 spiro atoms. The SMILES string of the molecule is NC(CCOc1ccc(F)cc1Cl)C1CCCC1. The van der Waals surface area contributed by atoms with Gasteiger partial charge in [0.25, 0.3) is 0 Å². The standard InChI is InChI=1S/C14H19ClFNO/c15-12-9-11(16)5-6-14(12)18-8-7-13(17)10-3-1-2-4-10/h5-6,9-10,13H,1-4,7-8,17H2. The van der Waals surface area contributed by atoms with Crippen LogP contribution in [0.3, 0.4) is 0 Å². The molecule has 0 radical (unpaired) electrons. The Balaban J connectivity index is 1.77. The van der Waals surface area contributed by atoms with E-state index >= 15 is 0 Å². The number of ether oxygens (including phenoxy) is 1. The monoisotopic (exact) mass is 271 g/mol. The molecule has 0 bridgehead atoms. The topological polar surface area (TPSA) is 35.2 Å². The maximum Gasteiger partial charge on any atom is 0.138 e. The van der Waals surface area contributed by atoms with Crippen molar-refractivity contribution in [3.63, 3.8) is 0 Å². The Labute approximate surface area is 112 Å². The lowest BCUT2D eigenvalue weighted by atomic mass is 9.97. The highest BCUT2D eigenvalue weighted by molar-refractivity contribution is 6.32. The van der Waals surface area contributed by atoms with E-state index in [2.05, 4.69) is 0 Å². The van der Waals surface area contributed by atoms with E-state index in [4.69, 9.17) is 22.1 Å². The van der Waals surface area contributed by atoms with Gasteiger partial charge in [-0.05, 0) is 43.4 Å². The molecule has 1 unspecified atom stereocenters. The first-order chi connectivity index (χ1) is 8.66. The Morgan fingerprint density at radius 3 is 2.78 bits per heavy atom. The molecule has 0 saturated heterocycles. The van der Waals surface area contributed by atoms with Crippen LogP contribution in [0.15, 0.2) is 18.2 Å². The molecule has 2 N–H and O–H groups in total. The second kappa shape index (κ2) is 6.39. The molecule has 18 heavy (non-hydrogen) atoms. The molecule has 1 aromatic rings. The number of benzene rings is 1. The van der Waals surface area contributed by atoms with Crippen LogP contribution >= 0.6 is 11.6 Å². The Morgan fingerprint density at radius 1 is 1.39 bits per heavy atom. The second-order valence-electron chi connectivity index (χ2n) is 4.92. The molecule has 0 amide bonds. The molecular formula is C14H19ClFNO.